The number of hydrogen-bond acceptors (Lipinski definition) is 6. The van der Waals surface area contributed by atoms with Gasteiger partial charge in [-0.3, -0.25) is 4.79 Å². The maximum atomic E-state index is 12.6. The predicted molar refractivity (Wildman–Crippen MR) is 117 cm³/mol. The molecule has 1 aliphatic rings. The van der Waals surface area contributed by atoms with Crippen molar-refractivity contribution in [2.24, 2.45) is 0 Å². The predicted octanol–water partition coefficient (Wildman–Crippen LogP) is 2.57. The summed E-state index contributed by atoms with van der Waals surface area (Å²) in [4.78, 5) is 15.9. The molecule has 3 aromatic rings. The minimum Gasteiger partial charge on any atom is -0.493 e. The molecule has 0 saturated heterocycles. The molecule has 1 amide bonds. The number of rotatable bonds is 6. The van der Waals surface area contributed by atoms with Gasteiger partial charge in [0.15, 0.2) is 11.5 Å². The smallest absolute Gasteiger partial charge is 0.306 e. The van der Waals surface area contributed by atoms with Gasteiger partial charge in [0.2, 0.25) is 0 Å². The Balaban J connectivity index is 0.00000256. The second-order valence-corrected chi connectivity index (χ2v) is 8.49. The van der Waals surface area contributed by atoms with Crippen LogP contribution >= 0.6 is 12.4 Å². The summed E-state index contributed by atoms with van der Waals surface area (Å²) in [7, 11) is -0.469. The van der Waals surface area contributed by atoms with E-state index in [1.165, 1.54) is 7.11 Å². The Labute approximate surface area is 180 Å². The van der Waals surface area contributed by atoms with Crippen molar-refractivity contribution in [3.63, 3.8) is 0 Å². The third kappa shape index (κ3) is 3.96. The molecule has 2 aromatic carbocycles. The second kappa shape index (κ2) is 8.17. The van der Waals surface area contributed by atoms with Gasteiger partial charge >= 0.3 is 10.1 Å². The van der Waals surface area contributed by atoms with Crippen LogP contribution in [0.5, 0.6) is 11.5 Å². The molecular formula is C20H22ClN3O5S. The number of halogens is 1. The van der Waals surface area contributed by atoms with E-state index >= 15 is 0 Å². The fraction of sp³-hybridized carbons (Fsp3) is 0.250. The topological polar surface area (TPSA) is 110 Å². The molecule has 0 fully saturated rings. The Morgan fingerprint density at radius 2 is 1.97 bits per heavy atom. The molecule has 1 aliphatic heterocycles. The highest BCUT2D eigenvalue weighted by molar-refractivity contribution is 7.86. The molecular weight excluding hydrogens is 430 g/mol. The standard InChI is InChI=1S/C20H21N3O5S.ClH/c1-21-9-11-4-5-15-12(6-11)7-16(23-15)13-8-17(27-2)19(28-29(3,25)26)14-10-22-20(24)18(13)14;/h4-8,21,23H,9-10H2,1-3H3,(H,22,24);1H. The molecule has 0 atom stereocenters. The second-order valence-electron chi connectivity index (χ2n) is 6.91. The van der Waals surface area contributed by atoms with Crippen LogP contribution in [0.2, 0.25) is 0 Å². The average molecular weight is 452 g/mol. The van der Waals surface area contributed by atoms with Crippen molar-refractivity contribution >= 4 is 39.3 Å². The first-order valence-electron chi connectivity index (χ1n) is 8.99. The van der Waals surface area contributed by atoms with Gasteiger partial charge in [-0.05, 0) is 36.9 Å². The zero-order valence-electron chi connectivity index (χ0n) is 16.7. The van der Waals surface area contributed by atoms with E-state index in [0.29, 0.717) is 16.7 Å². The van der Waals surface area contributed by atoms with Crippen molar-refractivity contribution in [1.29, 1.82) is 0 Å². The van der Waals surface area contributed by atoms with Gasteiger partial charge in [0.1, 0.15) is 0 Å². The highest BCUT2D eigenvalue weighted by Gasteiger charge is 2.31. The van der Waals surface area contributed by atoms with E-state index in [1.54, 1.807) is 6.07 Å². The van der Waals surface area contributed by atoms with Gasteiger partial charge in [0.25, 0.3) is 5.91 Å². The van der Waals surface area contributed by atoms with Crippen LogP contribution in [0.25, 0.3) is 22.2 Å². The van der Waals surface area contributed by atoms with Crippen molar-refractivity contribution in [1.82, 2.24) is 15.6 Å². The molecule has 2 heterocycles. The third-order valence-electron chi connectivity index (χ3n) is 4.81. The maximum Gasteiger partial charge on any atom is 0.306 e. The van der Waals surface area contributed by atoms with E-state index in [-0.39, 0.29) is 36.4 Å². The highest BCUT2D eigenvalue weighted by Crippen LogP contribution is 2.43. The van der Waals surface area contributed by atoms with E-state index in [4.69, 9.17) is 8.92 Å². The van der Waals surface area contributed by atoms with Crippen LogP contribution in [0, 0.1) is 0 Å². The number of ether oxygens (including phenoxy) is 1. The summed E-state index contributed by atoms with van der Waals surface area (Å²) in [6, 6.07) is 9.68. The van der Waals surface area contributed by atoms with E-state index in [0.717, 1.165) is 35.0 Å². The van der Waals surface area contributed by atoms with Gasteiger partial charge in [-0.15, -0.1) is 12.4 Å². The SMILES string of the molecule is CNCc1ccc2[nH]c(-c3cc(OC)c(OS(C)(=O)=O)c4c3C(=O)NC4)cc2c1.Cl. The van der Waals surface area contributed by atoms with Gasteiger partial charge < -0.3 is 24.5 Å². The van der Waals surface area contributed by atoms with Gasteiger partial charge in [-0.25, -0.2) is 0 Å². The van der Waals surface area contributed by atoms with Crippen molar-refractivity contribution in [3.05, 3.63) is 47.0 Å². The van der Waals surface area contributed by atoms with Gasteiger partial charge in [-0.1, -0.05) is 6.07 Å². The van der Waals surface area contributed by atoms with Crippen LogP contribution in [0.1, 0.15) is 21.5 Å². The zero-order chi connectivity index (χ0) is 20.8. The summed E-state index contributed by atoms with van der Waals surface area (Å²) in [5.41, 5.74) is 4.28. The van der Waals surface area contributed by atoms with E-state index in [2.05, 4.69) is 21.7 Å². The van der Waals surface area contributed by atoms with Crippen molar-refractivity contribution in [3.8, 4) is 22.8 Å². The van der Waals surface area contributed by atoms with Gasteiger partial charge in [-0.2, -0.15) is 8.42 Å². The first-order chi connectivity index (χ1) is 13.8. The minimum absolute atomic E-state index is 0. The number of H-pyrrole nitrogens is 1. The Bertz CT molecular complexity index is 1240. The largest absolute Gasteiger partial charge is 0.493 e. The zero-order valence-corrected chi connectivity index (χ0v) is 18.3. The van der Waals surface area contributed by atoms with Crippen molar-refractivity contribution in [2.75, 3.05) is 20.4 Å². The summed E-state index contributed by atoms with van der Waals surface area (Å²) in [6.07, 6.45) is 0.956. The molecule has 0 bridgehead atoms. The molecule has 30 heavy (non-hydrogen) atoms. The monoisotopic (exact) mass is 451 g/mol. The summed E-state index contributed by atoms with van der Waals surface area (Å²) in [5, 5.41) is 6.87. The lowest BCUT2D eigenvalue weighted by atomic mass is 9.98. The fourth-order valence-corrected chi connectivity index (χ4v) is 4.11. The van der Waals surface area contributed by atoms with Crippen LogP contribution in [-0.4, -0.2) is 39.7 Å². The quantitative estimate of drug-likeness (QED) is 0.497. The first kappa shape index (κ1) is 21.9. The van der Waals surface area contributed by atoms with Crippen LogP contribution in [-0.2, 0) is 23.2 Å². The summed E-state index contributed by atoms with van der Waals surface area (Å²) < 4.78 is 34.0. The van der Waals surface area contributed by atoms with Crippen LogP contribution < -0.4 is 19.6 Å². The number of aromatic amines is 1. The summed E-state index contributed by atoms with van der Waals surface area (Å²) in [5.74, 6) is 0.000234. The number of fused-ring (bicyclic) bond motifs is 2. The van der Waals surface area contributed by atoms with E-state index < -0.39 is 10.1 Å². The molecule has 10 heteroatoms. The fourth-order valence-electron chi connectivity index (χ4n) is 3.63. The maximum absolute atomic E-state index is 12.6. The Morgan fingerprint density at radius 3 is 2.63 bits per heavy atom. The Hall–Kier alpha value is -2.75. The number of benzene rings is 2. The molecule has 160 valence electrons. The van der Waals surface area contributed by atoms with Crippen molar-refractivity contribution < 1.29 is 22.1 Å². The van der Waals surface area contributed by atoms with Gasteiger partial charge in [0, 0.05) is 40.8 Å². The molecule has 8 nitrogen and oxygen atoms in total. The molecule has 0 unspecified atom stereocenters. The summed E-state index contributed by atoms with van der Waals surface area (Å²) >= 11 is 0. The number of carbonyl (C=O) groups excluding carboxylic acids is 1. The number of hydrogen-bond donors (Lipinski definition) is 3. The number of carbonyl (C=O) groups is 1. The van der Waals surface area contributed by atoms with Gasteiger partial charge in [0.05, 0.1) is 18.9 Å². The van der Waals surface area contributed by atoms with Crippen molar-refractivity contribution in [2.45, 2.75) is 13.1 Å². The molecule has 4 rings (SSSR count). The molecule has 0 saturated carbocycles. The van der Waals surface area contributed by atoms with Crippen LogP contribution in [0.4, 0.5) is 0 Å². The molecule has 0 aliphatic carbocycles. The molecule has 0 radical (unpaired) electrons. The first-order valence-corrected chi connectivity index (χ1v) is 10.8. The lowest BCUT2D eigenvalue weighted by Crippen LogP contribution is -2.13. The van der Waals surface area contributed by atoms with E-state index in [1.807, 2.05) is 25.2 Å². The minimum atomic E-state index is -3.79. The average Bonchev–Trinajstić information content (AvgIpc) is 3.25. The Morgan fingerprint density at radius 1 is 1.20 bits per heavy atom. The molecule has 3 N–H and O–H groups in total. The normalized spacial score (nSPS) is 13.0. The van der Waals surface area contributed by atoms with E-state index in [9.17, 15) is 13.2 Å². The highest BCUT2D eigenvalue weighted by atomic mass is 35.5. The summed E-state index contributed by atoms with van der Waals surface area (Å²) in [6.45, 7) is 0.912. The molecule has 0 spiro atoms. The number of methoxy groups -OCH3 is 1. The lowest BCUT2D eigenvalue weighted by Gasteiger charge is -2.15. The number of nitrogens with one attached hydrogen (secondary N) is 3. The van der Waals surface area contributed by atoms with Crippen LogP contribution in [0.3, 0.4) is 0 Å². The number of amides is 1. The lowest BCUT2D eigenvalue weighted by molar-refractivity contribution is 0.0966. The number of aromatic nitrogens is 1. The third-order valence-corrected chi connectivity index (χ3v) is 5.28. The van der Waals surface area contributed by atoms with Crippen LogP contribution in [0.15, 0.2) is 30.3 Å². The molecule has 1 aromatic heterocycles. The Kier molecular flexibility index (Phi) is 5.98.